The topological polar surface area (TPSA) is 27.7 Å². The second kappa shape index (κ2) is 4.00. The zero-order valence-electron chi connectivity index (χ0n) is 6.43. The fraction of sp³-hybridized carbons (Fsp3) is 1.00. The van der Waals surface area contributed by atoms with E-state index in [2.05, 4.69) is 4.89 Å². The zero-order chi connectivity index (χ0) is 7.33. The minimum Gasteiger partial charge on any atom is -0.393 e. The van der Waals surface area contributed by atoms with E-state index in [1.54, 1.807) is 0 Å². The van der Waals surface area contributed by atoms with Crippen LogP contribution >= 0.6 is 0 Å². The van der Waals surface area contributed by atoms with Crippen molar-refractivity contribution in [3.63, 3.8) is 0 Å². The van der Waals surface area contributed by atoms with Crippen LogP contribution in [0.5, 0.6) is 0 Å². The molecule has 0 aliphatic heterocycles. The van der Waals surface area contributed by atoms with Gasteiger partial charge in [-0.15, -0.1) is 0 Å². The summed E-state index contributed by atoms with van der Waals surface area (Å²) in [6.45, 7) is 6.48. The first-order chi connectivity index (χ1) is 4.12. The van der Waals surface area contributed by atoms with Gasteiger partial charge in [0, 0.05) is 6.61 Å². The molecule has 0 unspecified atom stereocenters. The van der Waals surface area contributed by atoms with Crippen LogP contribution in [0, 0.1) is 0 Å². The Morgan fingerprint density at radius 3 is 2.22 bits per heavy atom. The van der Waals surface area contributed by atoms with Crippen LogP contribution in [0.15, 0.2) is 0 Å². The second-order valence-corrected chi connectivity index (χ2v) is 5.34. The van der Waals surface area contributed by atoms with Gasteiger partial charge in [0.2, 0.25) is 0 Å². The molecule has 0 aromatic rings. The predicted molar refractivity (Wildman–Crippen MR) is 37.2 cm³/mol. The third-order valence-electron chi connectivity index (χ3n) is 0.776. The molecule has 0 heterocycles. The van der Waals surface area contributed by atoms with Crippen LogP contribution in [-0.2, 0) is 13.9 Å². The lowest BCUT2D eigenvalue weighted by atomic mass is 10.9. The van der Waals surface area contributed by atoms with E-state index in [1.165, 1.54) is 7.11 Å². The molecule has 3 nitrogen and oxygen atoms in total. The van der Waals surface area contributed by atoms with E-state index in [9.17, 15) is 0 Å². The van der Waals surface area contributed by atoms with Crippen molar-refractivity contribution in [3.05, 3.63) is 0 Å². The van der Waals surface area contributed by atoms with E-state index in [0.29, 0.717) is 6.61 Å². The Labute approximate surface area is 57.1 Å². The first-order valence-corrected chi connectivity index (χ1v) is 5.80. The second-order valence-electron chi connectivity index (χ2n) is 2.08. The summed E-state index contributed by atoms with van der Waals surface area (Å²) in [5, 5.41) is 0. The fourth-order valence-electron chi connectivity index (χ4n) is 0.572. The SMILES string of the molecule is CCO[Si](C)(C)OOC. The van der Waals surface area contributed by atoms with Crippen molar-refractivity contribution in [2.75, 3.05) is 13.7 Å². The molecule has 0 saturated carbocycles. The number of hydrogen-bond acceptors (Lipinski definition) is 3. The van der Waals surface area contributed by atoms with E-state index < -0.39 is 8.56 Å². The Kier molecular flexibility index (Phi) is 4.04. The molecule has 0 aromatic carbocycles. The van der Waals surface area contributed by atoms with E-state index in [0.717, 1.165) is 0 Å². The van der Waals surface area contributed by atoms with Crippen LogP contribution in [0.4, 0.5) is 0 Å². The molecule has 4 heteroatoms. The Morgan fingerprint density at radius 1 is 1.33 bits per heavy atom. The van der Waals surface area contributed by atoms with E-state index in [-0.39, 0.29) is 0 Å². The molecule has 0 rings (SSSR count). The molecular formula is C5H14O3Si. The van der Waals surface area contributed by atoms with Crippen molar-refractivity contribution in [1.29, 1.82) is 0 Å². The molecule has 0 radical (unpaired) electrons. The summed E-state index contributed by atoms with van der Waals surface area (Å²) in [4.78, 5) is 4.50. The zero-order valence-corrected chi connectivity index (χ0v) is 7.43. The van der Waals surface area contributed by atoms with Gasteiger partial charge in [0.1, 0.15) is 0 Å². The Morgan fingerprint density at radius 2 is 1.89 bits per heavy atom. The van der Waals surface area contributed by atoms with Crippen molar-refractivity contribution >= 4 is 8.56 Å². The van der Waals surface area contributed by atoms with Gasteiger partial charge in [-0.1, -0.05) is 0 Å². The summed E-state index contributed by atoms with van der Waals surface area (Å²) < 4.78 is 10.1. The summed E-state index contributed by atoms with van der Waals surface area (Å²) in [6, 6.07) is 0. The smallest absolute Gasteiger partial charge is 0.369 e. The lowest BCUT2D eigenvalue weighted by Gasteiger charge is -2.18. The van der Waals surface area contributed by atoms with Crippen LogP contribution in [0.1, 0.15) is 6.92 Å². The third kappa shape index (κ3) is 4.59. The first-order valence-electron chi connectivity index (χ1n) is 2.98. The largest absolute Gasteiger partial charge is 0.393 e. The van der Waals surface area contributed by atoms with Crippen LogP contribution in [-0.4, -0.2) is 22.3 Å². The summed E-state index contributed by atoms with van der Waals surface area (Å²) in [5.74, 6) is 0. The maximum Gasteiger partial charge on any atom is 0.369 e. The Balaban J connectivity index is 3.43. The lowest BCUT2D eigenvalue weighted by molar-refractivity contribution is -0.205. The van der Waals surface area contributed by atoms with Crippen LogP contribution in [0.25, 0.3) is 0 Å². The highest BCUT2D eigenvalue weighted by Crippen LogP contribution is 2.04. The standard InChI is InChI=1S/C5H14O3Si/c1-5-7-9(3,4)8-6-2/h5H2,1-4H3. The minimum atomic E-state index is -1.93. The monoisotopic (exact) mass is 150 g/mol. The van der Waals surface area contributed by atoms with Gasteiger partial charge in [-0.3, -0.25) is 4.58 Å². The lowest BCUT2D eigenvalue weighted by Crippen LogP contribution is -2.34. The summed E-state index contributed by atoms with van der Waals surface area (Å²) >= 11 is 0. The Bertz CT molecular complexity index is 66.6. The van der Waals surface area contributed by atoms with Crippen molar-refractivity contribution in [2.24, 2.45) is 0 Å². The van der Waals surface area contributed by atoms with Crippen molar-refractivity contribution in [1.82, 2.24) is 0 Å². The normalized spacial score (nSPS) is 12.0. The number of rotatable bonds is 4. The van der Waals surface area contributed by atoms with Crippen LogP contribution in [0.2, 0.25) is 13.1 Å². The van der Waals surface area contributed by atoms with Crippen molar-refractivity contribution < 1.29 is 13.9 Å². The maximum absolute atomic E-state index is 5.26. The Hall–Kier alpha value is 0.0969. The highest BCUT2D eigenvalue weighted by Gasteiger charge is 2.24. The summed E-state index contributed by atoms with van der Waals surface area (Å²) in [6.07, 6.45) is 0. The average molecular weight is 150 g/mol. The van der Waals surface area contributed by atoms with Gasteiger partial charge in [0.15, 0.2) is 0 Å². The summed E-state index contributed by atoms with van der Waals surface area (Å²) in [7, 11) is -0.432. The van der Waals surface area contributed by atoms with Crippen molar-refractivity contribution in [3.8, 4) is 0 Å². The quantitative estimate of drug-likeness (QED) is 0.343. The van der Waals surface area contributed by atoms with Crippen LogP contribution < -0.4 is 0 Å². The molecular weight excluding hydrogens is 136 g/mol. The maximum atomic E-state index is 5.26. The fourth-order valence-corrected chi connectivity index (χ4v) is 1.72. The van der Waals surface area contributed by atoms with Gasteiger partial charge in [-0.2, -0.15) is 0 Å². The van der Waals surface area contributed by atoms with E-state index in [4.69, 9.17) is 9.00 Å². The molecule has 0 atom stereocenters. The molecule has 0 aliphatic rings. The summed E-state index contributed by atoms with van der Waals surface area (Å²) in [5.41, 5.74) is 0. The molecule has 0 aliphatic carbocycles. The first kappa shape index (κ1) is 9.10. The molecule has 56 valence electrons. The molecule has 0 N–H and O–H groups in total. The van der Waals surface area contributed by atoms with Crippen LogP contribution in [0.3, 0.4) is 0 Å². The highest BCUT2D eigenvalue weighted by atomic mass is 28.4. The van der Waals surface area contributed by atoms with E-state index >= 15 is 0 Å². The van der Waals surface area contributed by atoms with Gasteiger partial charge in [-0.05, 0) is 20.0 Å². The average Bonchev–Trinajstić information content (AvgIpc) is 1.64. The van der Waals surface area contributed by atoms with Crippen molar-refractivity contribution in [2.45, 2.75) is 20.0 Å². The molecule has 0 spiro atoms. The molecule has 0 saturated heterocycles. The molecule has 0 amide bonds. The van der Waals surface area contributed by atoms with Gasteiger partial charge in [-0.25, -0.2) is 4.89 Å². The number of hydrogen-bond donors (Lipinski definition) is 0. The molecule has 0 aromatic heterocycles. The van der Waals surface area contributed by atoms with Gasteiger partial charge in [0.25, 0.3) is 0 Å². The van der Waals surface area contributed by atoms with Gasteiger partial charge >= 0.3 is 8.56 Å². The molecule has 0 fully saturated rings. The molecule has 0 bridgehead atoms. The minimum absolute atomic E-state index is 0.683. The van der Waals surface area contributed by atoms with E-state index in [1.807, 2.05) is 20.0 Å². The predicted octanol–water partition coefficient (Wildman–Crippen LogP) is 1.30. The highest BCUT2D eigenvalue weighted by molar-refractivity contribution is 6.64. The van der Waals surface area contributed by atoms with Gasteiger partial charge in [0.05, 0.1) is 7.11 Å². The molecule has 9 heavy (non-hydrogen) atoms. The van der Waals surface area contributed by atoms with Gasteiger partial charge < -0.3 is 4.43 Å². The third-order valence-corrected chi connectivity index (χ3v) is 2.33.